The van der Waals surface area contributed by atoms with E-state index in [1.165, 1.54) is 54.5 Å². The summed E-state index contributed by atoms with van der Waals surface area (Å²) in [6.07, 6.45) is 5.28. The Kier molecular flexibility index (Phi) is 8.37. The summed E-state index contributed by atoms with van der Waals surface area (Å²) in [5, 5.41) is 4.77. The molecule has 1 aromatic heterocycles. The number of anilines is 2. The fourth-order valence-corrected chi connectivity index (χ4v) is 4.85. The molecule has 0 aliphatic carbocycles. The molecule has 156 valence electrons. The SMILES string of the molecule is CCOC(=O)Cc1csc(SCC(=O)Nc2ccc(N3CCCCCC3)cc2)n1. The van der Waals surface area contributed by atoms with Gasteiger partial charge in [0, 0.05) is 29.8 Å². The molecular weight excluding hydrogens is 406 g/mol. The van der Waals surface area contributed by atoms with Gasteiger partial charge >= 0.3 is 5.97 Å². The van der Waals surface area contributed by atoms with E-state index in [4.69, 9.17) is 4.74 Å². The van der Waals surface area contributed by atoms with Crippen molar-refractivity contribution in [3.05, 3.63) is 35.3 Å². The van der Waals surface area contributed by atoms with Gasteiger partial charge in [-0.2, -0.15) is 0 Å². The molecule has 1 N–H and O–H groups in total. The van der Waals surface area contributed by atoms with E-state index in [0.717, 1.165) is 23.1 Å². The lowest BCUT2D eigenvalue weighted by atomic mass is 10.2. The maximum atomic E-state index is 12.2. The Bertz CT molecular complexity index is 800. The lowest BCUT2D eigenvalue weighted by molar-refractivity contribution is -0.142. The molecule has 1 aromatic carbocycles. The minimum atomic E-state index is -0.282. The molecule has 3 rings (SSSR count). The third-order valence-electron chi connectivity index (χ3n) is 4.61. The maximum Gasteiger partial charge on any atom is 0.311 e. The number of nitrogens with zero attached hydrogens (tertiary/aromatic N) is 2. The molecule has 2 heterocycles. The number of thiazole rings is 1. The predicted molar refractivity (Wildman–Crippen MR) is 119 cm³/mol. The van der Waals surface area contributed by atoms with Crippen molar-refractivity contribution >= 4 is 46.3 Å². The molecule has 0 bridgehead atoms. The van der Waals surface area contributed by atoms with Gasteiger partial charge in [-0.25, -0.2) is 4.98 Å². The molecule has 0 spiro atoms. The van der Waals surface area contributed by atoms with Crippen LogP contribution in [0.4, 0.5) is 11.4 Å². The lowest BCUT2D eigenvalue weighted by Gasteiger charge is -2.22. The molecule has 2 aromatic rings. The molecule has 0 unspecified atom stereocenters. The van der Waals surface area contributed by atoms with Crippen LogP contribution >= 0.6 is 23.1 Å². The van der Waals surface area contributed by atoms with Crippen LogP contribution in [0.1, 0.15) is 38.3 Å². The van der Waals surface area contributed by atoms with E-state index in [2.05, 4.69) is 27.3 Å². The number of nitrogens with one attached hydrogen (secondary N) is 1. The highest BCUT2D eigenvalue weighted by Crippen LogP contribution is 2.24. The Morgan fingerprint density at radius 3 is 2.59 bits per heavy atom. The third kappa shape index (κ3) is 7.04. The Morgan fingerprint density at radius 1 is 1.17 bits per heavy atom. The molecule has 6 nitrogen and oxygen atoms in total. The molecule has 29 heavy (non-hydrogen) atoms. The van der Waals surface area contributed by atoms with E-state index in [1.54, 1.807) is 6.92 Å². The van der Waals surface area contributed by atoms with Crippen LogP contribution in [0.15, 0.2) is 34.0 Å². The maximum absolute atomic E-state index is 12.2. The van der Waals surface area contributed by atoms with E-state index in [9.17, 15) is 9.59 Å². The first-order valence-electron chi connectivity index (χ1n) is 10.0. The van der Waals surface area contributed by atoms with Crippen molar-refractivity contribution in [1.29, 1.82) is 0 Å². The van der Waals surface area contributed by atoms with Crippen LogP contribution in [0, 0.1) is 0 Å². The average molecular weight is 434 g/mol. The van der Waals surface area contributed by atoms with Crippen LogP contribution in [0.25, 0.3) is 0 Å². The van der Waals surface area contributed by atoms with Crippen LogP contribution < -0.4 is 10.2 Å². The summed E-state index contributed by atoms with van der Waals surface area (Å²) in [6.45, 7) is 4.35. The summed E-state index contributed by atoms with van der Waals surface area (Å²) >= 11 is 2.81. The van der Waals surface area contributed by atoms with Crippen molar-refractivity contribution in [3.63, 3.8) is 0 Å². The number of hydrogen-bond donors (Lipinski definition) is 1. The number of aromatic nitrogens is 1. The number of ether oxygens (including phenoxy) is 1. The molecule has 1 saturated heterocycles. The molecule has 8 heteroatoms. The van der Waals surface area contributed by atoms with Crippen molar-refractivity contribution in [2.24, 2.45) is 0 Å². The van der Waals surface area contributed by atoms with Crippen LogP contribution in [-0.4, -0.2) is 42.3 Å². The summed E-state index contributed by atoms with van der Waals surface area (Å²) in [7, 11) is 0. The van der Waals surface area contributed by atoms with Crippen LogP contribution in [0.3, 0.4) is 0 Å². The zero-order valence-corrected chi connectivity index (χ0v) is 18.3. The highest BCUT2D eigenvalue weighted by Gasteiger charge is 2.12. The molecule has 0 saturated carbocycles. The number of carbonyl (C=O) groups is 2. The summed E-state index contributed by atoms with van der Waals surface area (Å²) in [5.41, 5.74) is 2.70. The standard InChI is InChI=1S/C21H27N3O3S2/c1-2-27-20(26)13-17-14-28-21(23-17)29-15-19(25)22-16-7-9-18(10-8-16)24-11-5-3-4-6-12-24/h7-10,14H,2-6,11-13,15H2,1H3,(H,22,25). The lowest BCUT2D eigenvalue weighted by Crippen LogP contribution is -2.23. The Balaban J connectivity index is 1.44. The number of amides is 1. The largest absolute Gasteiger partial charge is 0.466 e. The summed E-state index contributed by atoms with van der Waals surface area (Å²) in [6, 6.07) is 8.08. The smallest absolute Gasteiger partial charge is 0.311 e. The number of hydrogen-bond acceptors (Lipinski definition) is 7. The fraction of sp³-hybridized carbons (Fsp3) is 0.476. The van der Waals surface area contributed by atoms with E-state index >= 15 is 0 Å². The van der Waals surface area contributed by atoms with Crippen LogP contribution in [0.5, 0.6) is 0 Å². The summed E-state index contributed by atoms with van der Waals surface area (Å²) in [4.78, 5) is 30.5. The quantitative estimate of drug-likeness (QED) is 0.493. The number of thioether (sulfide) groups is 1. The predicted octanol–water partition coefficient (Wildman–Crippen LogP) is 4.36. The van der Waals surface area contributed by atoms with Crippen LogP contribution in [-0.2, 0) is 20.7 Å². The monoisotopic (exact) mass is 433 g/mol. The van der Waals surface area contributed by atoms with E-state index in [0.29, 0.717) is 12.3 Å². The van der Waals surface area contributed by atoms with Crippen molar-refractivity contribution in [2.45, 2.75) is 43.4 Å². The molecular formula is C21H27N3O3S2. The first kappa shape index (κ1) is 21.6. The van der Waals surface area contributed by atoms with E-state index < -0.39 is 0 Å². The van der Waals surface area contributed by atoms with Crippen LogP contribution in [0.2, 0.25) is 0 Å². The minimum Gasteiger partial charge on any atom is -0.466 e. The third-order valence-corrected chi connectivity index (χ3v) is 6.68. The highest BCUT2D eigenvalue weighted by atomic mass is 32.2. The van der Waals surface area contributed by atoms with Crippen molar-refractivity contribution in [3.8, 4) is 0 Å². The van der Waals surface area contributed by atoms with Gasteiger partial charge in [0.25, 0.3) is 0 Å². The number of benzene rings is 1. The molecule has 0 radical (unpaired) electrons. The van der Waals surface area contributed by atoms with Crippen molar-refractivity contribution in [2.75, 3.05) is 35.7 Å². The Labute approximate surface area is 180 Å². The number of rotatable bonds is 8. The normalized spacial score (nSPS) is 14.3. The Morgan fingerprint density at radius 2 is 1.90 bits per heavy atom. The van der Waals surface area contributed by atoms with Gasteiger partial charge in [-0.1, -0.05) is 24.6 Å². The van der Waals surface area contributed by atoms with Gasteiger partial charge in [0.15, 0.2) is 4.34 Å². The van der Waals surface area contributed by atoms with Crippen molar-refractivity contribution in [1.82, 2.24) is 4.98 Å². The Hall–Kier alpha value is -2.06. The molecule has 1 fully saturated rings. The van der Waals surface area contributed by atoms with Gasteiger partial charge < -0.3 is 15.0 Å². The minimum absolute atomic E-state index is 0.0698. The number of carbonyl (C=O) groups excluding carboxylic acids is 2. The molecule has 1 aliphatic heterocycles. The summed E-state index contributed by atoms with van der Waals surface area (Å²) in [5.74, 6) is -0.0735. The van der Waals surface area contributed by atoms with Gasteiger partial charge in [0.2, 0.25) is 5.91 Å². The first-order valence-corrected chi connectivity index (χ1v) is 11.9. The summed E-state index contributed by atoms with van der Waals surface area (Å²) < 4.78 is 5.70. The molecule has 0 atom stereocenters. The zero-order chi connectivity index (χ0) is 20.5. The number of esters is 1. The van der Waals surface area contributed by atoms with Crippen molar-refractivity contribution < 1.29 is 14.3 Å². The second kappa shape index (κ2) is 11.2. The fourth-order valence-electron chi connectivity index (χ4n) is 3.20. The van der Waals surface area contributed by atoms with E-state index in [-0.39, 0.29) is 24.1 Å². The van der Waals surface area contributed by atoms with Gasteiger partial charge in [-0.15, -0.1) is 11.3 Å². The van der Waals surface area contributed by atoms with E-state index in [1.807, 2.05) is 17.5 Å². The topological polar surface area (TPSA) is 71.5 Å². The molecule has 1 aliphatic rings. The highest BCUT2D eigenvalue weighted by molar-refractivity contribution is 8.01. The van der Waals surface area contributed by atoms with Gasteiger partial charge in [0.05, 0.1) is 24.5 Å². The van der Waals surface area contributed by atoms with Gasteiger partial charge in [-0.05, 0) is 44.0 Å². The second-order valence-corrected chi connectivity index (χ2v) is 8.95. The average Bonchev–Trinajstić information content (AvgIpc) is 2.97. The second-order valence-electron chi connectivity index (χ2n) is 6.87. The van der Waals surface area contributed by atoms with Gasteiger partial charge in [-0.3, -0.25) is 9.59 Å². The first-order chi connectivity index (χ1) is 14.1. The van der Waals surface area contributed by atoms with Gasteiger partial charge in [0.1, 0.15) is 0 Å². The zero-order valence-electron chi connectivity index (χ0n) is 16.7. The molecule has 1 amide bonds.